The molecule has 0 saturated carbocycles. The minimum atomic E-state index is -2.56. The normalized spacial score (nSPS) is 10.2. The van der Waals surface area contributed by atoms with Crippen LogP contribution in [0, 0.1) is 5.41 Å². The van der Waals surface area contributed by atoms with Crippen molar-refractivity contribution in [1.29, 1.82) is 5.41 Å². The average molecular weight is 201 g/mol. The molecule has 1 aromatic heterocycles. The summed E-state index contributed by atoms with van der Waals surface area (Å²) in [5.41, 5.74) is 5.47. The number of pyridine rings is 1. The van der Waals surface area contributed by atoms with Crippen LogP contribution in [0.4, 0.5) is 8.78 Å². The van der Waals surface area contributed by atoms with Crippen molar-refractivity contribution in [2.75, 3.05) is 6.61 Å². The zero-order chi connectivity index (χ0) is 10.6. The molecule has 14 heavy (non-hydrogen) atoms. The van der Waals surface area contributed by atoms with E-state index in [0.29, 0.717) is 0 Å². The number of amidine groups is 1. The molecule has 0 spiro atoms. The zero-order valence-electron chi connectivity index (χ0n) is 7.21. The summed E-state index contributed by atoms with van der Waals surface area (Å²) in [4.78, 5) is 3.68. The van der Waals surface area contributed by atoms with Crippen LogP contribution < -0.4 is 10.5 Å². The predicted octanol–water partition coefficient (Wildman–Crippen LogP) is 1.01. The van der Waals surface area contributed by atoms with Gasteiger partial charge in [0.1, 0.15) is 18.2 Å². The van der Waals surface area contributed by atoms with Gasteiger partial charge in [-0.25, -0.2) is 8.78 Å². The van der Waals surface area contributed by atoms with E-state index in [9.17, 15) is 8.78 Å². The lowest BCUT2D eigenvalue weighted by Gasteiger charge is -2.08. The van der Waals surface area contributed by atoms with Gasteiger partial charge in [0.05, 0.1) is 11.8 Å². The first kappa shape index (κ1) is 10.4. The van der Waals surface area contributed by atoms with Gasteiger partial charge < -0.3 is 10.5 Å². The molecule has 1 heterocycles. The number of nitrogens with zero attached hydrogens (tertiary/aromatic N) is 1. The van der Waals surface area contributed by atoms with Crippen LogP contribution in [0.3, 0.4) is 0 Å². The Bertz CT molecular complexity index is 330. The maximum Gasteiger partial charge on any atom is 0.272 e. The van der Waals surface area contributed by atoms with Gasteiger partial charge in [-0.15, -0.1) is 0 Å². The standard InChI is InChI=1S/C8H9F2N3O/c9-7(10)4-14-6-3-13-2-1-5(6)8(11)12/h1-3,7H,4H2,(H3,11,12). The number of aromatic nitrogens is 1. The van der Waals surface area contributed by atoms with E-state index < -0.39 is 13.0 Å². The van der Waals surface area contributed by atoms with Crippen molar-refractivity contribution in [3.63, 3.8) is 0 Å². The van der Waals surface area contributed by atoms with E-state index in [1.165, 1.54) is 18.5 Å². The van der Waals surface area contributed by atoms with Crippen molar-refractivity contribution in [3.05, 3.63) is 24.0 Å². The summed E-state index contributed by atoms with van der Waals surface area (Å²) >= 11 is 0. The monoisotopic (exact) mass is 201 g/mol. The minimum absolute atomic E-state index is 0.0975. The van der Waals surface area contributed by atoms with Crippen LogP contribution in [0.25, 0.3) is 0 Å². The molecule has 0 aliphatic rings. The first-order valence-corrected chi connectivity index (χ1v) is 3.80. The first-order chi connectivity index (χ1) is 6.61. The molecule has 0 radical (unpaired) electrons. The summed E-state index contributed by atoms with van der Waals surface area (Å²) in [6.45, 7) is -0.730. The Morgan fingerprint density at radius 2 is 2.36 bits per heavy atom. The molecule has 0 atom stereocenters. The Morgan fingerprint density at radius 1 is 1.64 bits per heavy atom. The Balaban J connectivity index is 2.79. The molecule has 6 heteroatoms. The highest BCUT2D eigenvalue weighted by molar-refractivity contribution is 5.97. The van der Waals surface area contributed by atoms with Gasteiger partial charge in [-0.1, -0.05) is 0 Å². The summed E-state index contributed by atoms with van der Waals surface area (Å²) in [6, 6.07) is 1.43. The SMILES string of the molecule is N=C(N)c1ccncc1OCC(F)F. The van der Waals surface area contributed by atoms with Gasteiger partial charge >= 0.3 is 0 Å². The Hall–Kier alpha value is -1.72. The fourth-order valence-electron chi connectivity index (χ4n) is 0.870. The summed E-state index contributed by atoms with van der Waals surface area (Å²) in [5, 5.41) is 7.14. The zero-order valence-corrected chi connectivity index (χ0v) is 7.21. The number of nitrogen functional groups attached to an aromatic ring is 1. The third-order valence-corrected chi connectivity index (χ3v) is 1.44. The largest absolute Gasteiger partial charge is 0.485 e. The highest BCUT2D eigenvalue weighted by Gasteiger charge is 2.09. The van der Waals surface area contributed by atoms with Crippen LogP contribution in [-0.2, 0) is 0 Å². The number of alkyl halides is 2. The maximum atomic E-state index is 11.8. The first-order valence-electron chi connectivity index (χ1n) is 3.80. The second kappa shape index (κ2) is 4.50. The van der Waals surface area contributed by atoms with Gasteiger partial charge in [-0.05, 0) is 6.07 Å². The molecule has 0 amide bonds. The van der Waals surface area contributed by atoms with Crippen molar-refractivity contribution in [1.82, 2.24) is 4.98 Å². The van der Waals surface area contributed by atoms with E-state index in [0.717, 1.165) is 0 Å². The Kier molecular flexibility index (Phi) is 3.33. The molecule has 0 aromatic carbocycles. The molecule has 3 N–H and O–H groups in total. The number of hydrogen-bond acceptors (Lipinski definition) is 3. The van der Waals surface area contributed by atoms with Gasteiger partial charge in [-0.3, -0.25) is 10.4 Å². The molecule has 76 valence electrons. The molecule has 0 fully saturated rings. The number of hydrogen-bond donors (Lipinski definition) is 2. The Labute approximate surface area is 79.2 Å². The topological polar surface area (TPSA) is 72.0 Å². The predicted molar refractivity (Wildman–Crippen MR) is 46.8 cm³/mol. The quantitative estimate of drug-likeness (QED) is 0.564. The van der Waals surface area contributed by atoms with Crippen molar-refractivity contribution in [2.45, 2.75) is 6.43 Å². The van der Waals surface area contributed by atoms with Gasteiger partial charge in [0.2, 0.25) is 0 Å². The fraction of sp³-hybridized carbons (Fsp3) is 0.250. The van der Waals surface area contributed by atoms with Crippen LogP contribution in [0.1, 0.15) is 5.56 Å². The number of halogens is 2. The van der Waals surface area contributed by atoms with E-state index in [1.807, 2.05) is 0 Å². The smallest absolute Gasteiger partial charge is 0.272 e. The number of ether oxygens (including phenoxy) is 1. The fourth-order valence-corrected chi connectivity index (χ4v) is 0.870. The molecular formula is C8H9F2N3O. The highest BCUT2D eigenvalue weighted by Crippen LogP contribution is 2.15. The van der Waals surface area contributed by atoms with E-state index >= 15 is 0 Å². The molecular weight excluding hydrogens is 192 g/mol. The van der Waals surface area contributed by atoms with Gasteiger partial charge in [0.15, 0.2) is 0 Å². The third kappa shape index (κ3) is 2.65. The molecule has 0 aliphatic heterocycles. The Morgan fingerprint density at radius 3 is 2.93 bits per heavy atom. The minimum Gasteiger partial charge on any atom is -0.485 e. The van der Waals surface area contributed by atoms with Gasteiger partial charge in [0.25, 0.3) is 6.43 Å². The van der Waals surface area contributed by atoms with Gasteiger partial charge in [0, 0.05) is 6.20 Å². The molecule has 1 rings (SSSR count). The molecule has 0 aliphatic carbocycles. The van der Waals surface area contributed by atoms with Crippen LogP contribution in [0.5, 0.6) is 5.75 Å². The van der Waals surface area contributed by atoms with E-state index in [1.54, 1.807) is 0 Å². The maximum absolute atomic E-state index is 11.8. The van der Waals surface area contributed by atoms with E-state index in [-0.39, 0.29) is 17.1 Å². The van der Waals surface area contributed by atoms with Crippen LogP contribution >= 0.6 is 0 Å². The molecule has 0 unspecified atom stereocenters. The molecule has 0 bridgehead atoms. The lowest BCUT2D eigenvalue weighted by Crippen LogP contribution is -2.15. The van der Waals surface area contributed by atoms with Crippen LogP contribution in [0.2, 0.25) is 0 Å². The molecule has 4 nitrogen and oxygen atoms in total. The average Bonchev–Trinajstić information content (AvgIpc) is 2.15. The van der Waals surface area contributed by atoms with Crippen LogP contribution in [0.15, 0.2) is 18.5 Å². The summed E-state index contributed by atoms with van der Waals surface area (Å²) in [6.07, 6.45) is 0.0976. The van der Waals surface area contributed by atoms with Crippen LogP contribution in [-0.4, -0.2) is 23.9 Å². The molecule has 1 aromatic rings. The summed E-state index contributed by atoms with van der Waals surface area (Å²) in [7, 11) is 0. The lowest BCUT2D eigenvalue weighted by molar-refractivity contribution is 0.0816. The van der Waals surface area contributed by atoms with E-state index in [4.69, 9.17) is 15.9 Å². The van der Waals surface area contributed by atoms with E-state index in [2.05, 4.69) is 4.98 Å². The van der Waals surface area contributed by atoms with Crippen molar-refractivity contribution >= 4 is 5.84 Å². The second-order valence-electron chi connectivity index (χ2n) is 2.49. The van der Waals surface area contributed by atoms with Gasteiger partial charge in [-0.2, -0.15) is 0 Å². The molecule has 0 saturated heterocycles. The number of nitrogens with two attached hydrogens (primary N) is 1. The second-order valence-corrected chi connectivity index (χ2v) is 2.49. The van der Waals surface area contributed by atoms with Crippen molar-refractivity contribution in [3.8, 4) is 5.75 Å². The lowest BCUT2D eigenvalue weighted by atomic mass is 10.2. The number of nitrogens with one attached hydrogen (secondary N) is 1. The summed E-state index contributed by atoms with van der Waals surface area (Å²) in [5.74, 6) is -0.142. The number of rotatable bonds is 4. The summed E-state index contributed by atoms with van der Waals surface area (Å²) < 4.78 is 28.4. The van der Waals surface area contributed by atoms with Crippen molar-refractivity contribution in [2.24, 2.45) is 5.73 Å². The highest BCUT2D eigenvalue weighted by atomic mass is 19.3. The third-order valence-electron chi connectivity index (χ3n) is 1.44. The van der Waals surface area contributed by atoms with Crippen molar-refractivity contribution < 1.29 is 13.5 Å².